The van der Waals surface area contributed by atoms with Gasteiger partial charge in [-0.3, -0.25) is 4.90 Å². The zero-order valence-corrected chi connectivity index (χ0v) is 28.8. The minimum atomic E-state index is -4.55. The highest BCUT2D eigenvalue weighted by Crippen LogP contribution is 2.36. The molecule has 266 valence electrons. The van der Waals surface area contributed by atoms with Gasteiger partial charge in [0, 0.05) is 62.2 Å². The first-order chi connectivity index (χ1) is 24.6. The molecule has 0 radical (unpaired) electrons. The Morgan fingerprint density at radius 3 is 2.22 bits per heavy atom. The van der Waals surface area contributed by atoms with Gasteiger partial charge in [-0.15, -0.1) is 0 Å². The summed E-state index contributed by atoms with van der Waals surface area (Å²) in [6.45, 7) is 6.83. The van der Waals surface area contributed by atoms with Crippen molar-refractivity contribution < 1.29 is 27.4 Å². The summed E-state index contributed by atoms with van der Waals surface area (Å²) in [6, 6.07) is 24.3. The quantitative estimate of drug-likeness (QED) is 0.128. The van der Waals surface area contributed by atoms with Crippen LogP contribution in [0.2, 0.25) is 0 Å². The highest BCUT2D eigenvalue weighted by atomic mass is 19.4. The van der Waals surface area contributed by atoms with E-state index in [2.05, 4.69) is 32.8 Å². The van der Waals surface area contributed by atoms with Crippen LogP contribution in [0.3, 0.4) is 0 Å². The van der Waals surface area contributed by atoms with Crippen molar-refractivity contribution in [1.82, 2.24) is 14.8 Å². The molecule has 5 aromatic rings. The fourth-order valence-electron chi connectivity index (χ4n) is 6.36. The van der Waals surface area contributed by atoms with E-state index >= 15 is 0 Å². The number of nitrogens with one attached hydrogen (secondary N) is 3. The van der Waals surface area contributed by atoms with Crippen molar-refractivity contribution >= 4 is 34.0 Å². The van der Waals surface area contributed by atoms with Gasteiger partial charge in [0.1, 0.15) is 5.82 Å². The molecule has 0 spiro atoms. The van der Waals surface area contributed by atoms with Gasteiger partial charge in [0.25, 0.3) is 0 Å². The van der Waals surface area contributed by atoms with Crippen molar-refractivity contribution in [2.75, 3.05) is 62.9 Å². The number of nitrogens with zero attached hydrogens (tertiary/aromatic N) is 3. The van der Waals surface area contributed by atoms with Crippen LogP contribution in [0.5, 0.6) is 11.5 Å². The molecular weight excluding hydrogens is 657 g/mol. The summed E-state index contributed by atoms with van der Waals surface area (Å²) < 4.78 is 53.0. The molecule has 1 aromatic heterocycles. The maximum atomic E-state index is 14.1. The Labute approximate surface area is 295 Å². The zero-order chi connectivity index (χ0) is 36.0. The van der Waals surface area contributed by atoms with Crippen molar-refractivity contribution in [3.8, 4) is 22.6 Å². The predicted octanol–water partition coefficient (Wildman–Crippen LogP) is 8.33. The SMILES string of the molecule is CCN1CCN(Cc2ccc(NC(=O)Nc3ccc(-c4cccc5c(NCc6ccc(OC)c(OC)c6)nccc45)cc3)cc2C(F)(F)F)CC1. The van der Waals surface area contributed by atoms with Crippen molar-refractivity contribution in [1.29, 1.82) is 0 Å². The van der Waals surface area contributed by atoms with Crippen LogP contribution in [0.15, 0.2) is 91.1 Å². The molecule has 12 heteroatoms. The van der Waals surface area contributed by atoms with Crippen molar-refractivity contribution in [2.45, 2.75) is 26.2 Å². The number of carbonyl (C=O) groups is 1. The number of hydrogen-bond acceptors (Lipinski definition) is 7. The zero-order valence-electron chi connectivity index (χ0n) is 28.8. The van der Waals surface area contributed by atoms with Gasteiger partial charge in [0.2, 0.25) is 0 Å². The van der Waals surface area contributed by atoms with Crippen molar-refractivity contribution in [3.05, 3.63) is 108 Å². The number of hydrogen-bond donors (Lipinski definition) is 3. The Balaban J connectivity index is 1.11. The van der Waals surface area contributed by atoms with Crippen LogP contribution in [0.4, 0.5) is 35.2 Å². The molecule has 9 nitrogen and oxygen atoms in total. The molecular formula is C39H41F3N6O3. The normalized spacial score (nSPS) is 13.9. The van der Waals surface area contributed by atoms with Crippen LogP contribution in [-0.4, -0.2) is 67.8 Å². The second kappa shape index (κ2) is 15.7. The molecule has 51 heavy (non-hydrogen) atoms. The van der Waals surface area contributed by atoms with Crippen LogP contribution in [-0.2, 0) is 19.3 Å². The average Bonchev–Trinajstić information content (AvgIpc) is 3.14. The summed E-state index contributed by atoms with van der Waals surface area (Å²) >= 11 is 0. The number of anilines is 3. The second-order valence-electron chi connectivity index (χ2n) is 12.3. The van der Waals surface area contributed by atoms with Crippen LogP contribution >= 0.6 is 0 Å². The van der Waals surface area contributed by atoms with Crippen molar-refractivity contribution in [2.24, 2.45) is 0 Å². The maximum absolute atomic E-state index is 14.1. The number of ether oxygens (including phenoxy) is 2. The lowest BCUT2D eigenvalue weighted by Gasteiger charge is -2.34. The van der Waals surface area contributed by atoms with E-state index in [0.717, 1.165) is 59.0 Å². The number of aromatic nitrogens is 1. The van der Waals surface area contributed by atoms with E-state index in [-0.39, 0.29) is 17.8 Å². The highest BCUT2D eigenvalue weighted by Gasteiger charge is 2.34. The lowest BCUT2D eigenvalue weighted by molar-refractivity contribution is -0.138. The molecule has 1 aliphatic heterocycles. The molecule has 1 fully saturated rings. The fraction of sp³-hybridized carbons (Fsp3) is 0.282. The van der Waals surface area contributed by atoms with Gasteiger partial charge in [-0.1, -0.05) is 49.4 Å². The monoisotopic (exact) mass is 698 g/mol. The predicted molar refractivity (Wildman–Crippen MR) is 196 cm³/mol. The molecule has 4 aromatic carbocycles. The summed E-state index contributed by atoms with van der Waals surface area (Å²) in [7, 11) is 3.20. The average molecular weight is 699 g/mol. The smallest absolute Gasteiger partial charge is 0.416 e. The number of fused-ring (bicyclic) bond motifs is 1. The molecule has 3 N–H and O–H groups in total. The van der Waals surface area contributed by atoms with Gasteiger partial charge in [-0.2, -0.15) is 13.2 Å². The van der Waals surface area contributed by atoms with Crippen LogP contribution in [0.1, 0.15) is 23.6 Å². The minimum absolute atomic E-state index is 0.0657. The first kappa shape index (κ1) is 35.5. The van der Waals surface area contributed by atoms with Gasteiger partial charge < -0.3 is 30.3 Å². The third-order valence-corrected chi connectivity index (χ3v) is 9.15. The number of urea groups is 1. The number of rotatable bonds is 11. The Hall–Kier alpha value is -5.33. The lowest BCUT2D eigenvalue weighted by atomic mass is 9.99. The number of methoxy groups -OCH3 is 2. The third-order valence-electron chi connectivity index (χ3n) is 9.15. The summed E-state index contributed by atoms with van der Waals surface area (Å²) in [5.41, 5.74) is 2.91. The fourth-order valence-corrected chi connectivity index (χ4v) is 6.36. The molecule has 2 amide bonds. The van der Waals surface area contributed by atoms with E-state index in [1.807, 2.05) is 59.5 Å². The lowest BCUT2D eigenvalue weighted by Crippen LogP contribution is -2.45. The third kappa shape index (κ3) is 8.53. The Morgan fingerprint density at radius 2 is 1.51 bits per heavy atom. The van der Waals surface area contributed by atoms with Gasteiger partial charge in [-0.05, 0) is 76.6 Å². The van der Waals surface area contributed by atoms with Gasteiger partial charge in [0.05, 0.1) is 19.8 Å². The van der Waals surface area contributed by atoms with Gasteiger partial charge >= 0.3 is 12.2 Å². The maximum Gasteiger partial charge on any atom is 0.416 e. The number of alkyl halides is 3. The van der Waals surface area contributed by atoms with E-state index in [1.165, 1.54) is 12.1 Å². The van der Waals surface area contributed by atoms with Crippen LogP contribution in [0, 0.1) is 0 Å². The number of halogens is 3. The largest absolute Gasteiger partial charge is 0.493 e. The molecule has 0 bridgehead atoms. The Bertz CT molecular complexity index is 1980. The molecule has 1 saturated heterocycles. The first-order valence-corrected chi connectivity index (χ1v) is 16.8. The number of amides is 2. The van der Waals surface area contributed by atoms with E-state index < -0.39 is 17.8 Å². The molecule has 0 saturated carbocycles. The molecule has 6 rings (SSSR count). The van der Waals surface area contributed by atoms with E-state index in [4.69, 9.17) is 9.47 Å². The number of piperazine rings is 1. The standard InChI is InChI=1S/C39H41F3N6O3/c1-4-47-18-20-48(21-19-47)25-28-11-14-30(23-34(28)39(40,41)42)46-38(49)45-29-12-9-27(10-13-29)31-6-5-7-33-32(31)16-17-43-37(33)44-24-26-8-15-35(50-2)36(22-26)51-3/h5-17,22-23H,4,18-21,24-25H2,1-3H3,(H,43,44)(H2,45,46,49). The summed E-state index contributed by atoms with van der Waals surface area (Å²) in [4.78, 5) is 21.8. The minimum Gasteiger partial charge on any atom is -0.493 e. The van der Waals surface area contributed by atoms with Gasteiger partial charge in [-0.25, -0.2) is 9.78 Å². The van der Waals surface area contributed by atoms with E-state index in [1.54, 1.807) is 32.5 Å². The number of carbonyl (C=O) groups excluding carboxylic acids is 1. The number of likely N-dealkylation sites (N-methyl/N-ethyl adjacent to an activating group) is 1. The molecule has 0 atom stereocenters. The summed E-state index contributed by atoms with van der Waals surface area (Å²) in [5, 5.41) is 10.7. The van der Waals surface area contributed by atoms with Gasteiger partial charge in [0.15, 0.2) is 11.5 Å². The van der Waals surface area contributed by atoms with Crippen LogP contribution in [0.25, 0.3) is 21.9 Å². The summed E-state index contributed by atoms with van der Waals surface area (Å²) in [5.74, 6) is 2.04. The first-order valence-electron chi connectivity index (χ1n) is 16.8. The highest BCUT2D eigenvalue weighted by molar-refractivity contribution is 6.02. The number of pyridine rings is 1. The molecule has 2 heterocycles. The topological polar surface area (TPSA) is 91.0 Å². The number of benzene rings is 4. The van der Waals surface area contributed by atoms with E-state index in [0.29, 0.717) is 36.8 Å². The second-order valence-corrected chi connectivity index (χ2v) is 12.3. The van der Waals surface area contributed by atoms with Crippen LogP contribution < -0.4 is 25.4 Å². The summed E-state index contributed by atoms with van der Waals surface area (Å²) in [6.07, 6.45) is -2.79. The molecule has 0 aliphatic carbocycles. The Kier molecular flexibility index (Phi) is 10.9. The van der Waals surface area contributed by atoms with E-state index in [9.17, 15) is 18.0 Å². The van der Waals surface area contributed by atoms with Crippen molar-refractivity contribution in [3.63, 3.8) is 0 Å². The molecule has 0 unspecified atom stereocenters. The molecule has 1 aliphatic rings. The Morgan fingerprint density at radius 1 is 0.804 bits per heavy atom.